The molecule has 0 amide bonds. The Balaban J connectivity index is 2.22. The van der Waals surface area contributed by atoms with Crippen molar-refractivity contribution < 1.29 is 4.39 Å². The Kier molecular flexibility index (Phi) is 3.36. The first-order valence-corrected chi connectivity index (χ1v) is 6.86. The Morgan fingerprint density at radius 3 is 2.50 bits per heavy atom. The molecule has 0 spiro atoms. The molecule has 0 bridgehead atoms. The molecule has 1 aromatic carbocycles. The largest absolute Gasteiger partial charge is 0.260 e. The molecule has 0 radical (unpaired) electrons. The Bertz CT molecular complexity index is 736. The zero-order valence-corrected chi connectivity index (χ0v) is 12.3. The fraction of sp³-hybridized carbons (Fsp3) is 0.0667. The number of nitrogens with zero attached hydrogens (tertiary/aromatic N) is 3. The first kappa shape index (κ1) is 13.0. The van der Waals surface area contributed by atoms with Gasteiger partial charge in [-0.25, -0.2) is 4.39 Å². The van der Waals surface area contributed by atoms with Gasteiger partial charge in [-0.05, 0) is 52.3 Å². The summed E-state index contributed by atoms with van der Waals surface area (Å²) in [5, 5.41) is 4.49. The fourth-order valence-electron chi connectivity index (χ4n) is 2.05. The van der Waals surface area contributed by atoms with Crippen molar-refractivity contribution in [1.82, 2.24) is 14.8 Å². The number of pyridine rings is 1. The molecule has 0 N–H and O–H groups in total. The predicted octanol–water partition coefficient (Wildman–Crippen LogP) is 4.05. The van der Waals surface area contributed by atoms with Crippen molar-refractivity contribution in [3.8, 4) is 22.5 Å². The van der Waals surface area contributed by atoms with Crippen LogP contribution in [-0.4, -0.2) is 14.8 Å². The zero-order chi connectivity index (χ0) is 14.1. The molecule has 5 heteroatoms. The molecule has 0 atom stereocenters. The lowest BCUT2D eigenvalue weighted by Crippen LogP contribution is -1.89. The van der Waals surface area contributed by atoms with Gasteiger partial charge in [-0.1, -0.05) is 6.07 Å². The summed E-state index contributed by atoms with van der Waals surface area (Å²) in [5.74, 6) is -0.261. The van der Waals surface area contributed by atoms with E-state index in [9.17, 15) is 4.39 Å². The standard InChI is InChI=1S/C15H11BrFN3/c1-20-15(16)13(12-4-2-3-9-18-12)14(19-20)10-5-7-11(17)8-6-10/h2-9H,1H3. The molecule has 0 fully saturated rings. The van der Waals surface area contributed by atoms with Crippen LogP contribution in [0.5, 0.6) is 0 Å². The van der Waals surface area contributed by atoms with Crippen LogP contribution in [0.2, 0.25) is 0 Å². The molecule has 0 aliphatic carbocycles. The summed E-state index contributed by atoms with van der Waals surface area (Å²) >= 11 is 3.54. The lowest BCUT2D eigenvalue weighted by atomic mass is 10.1. The quantitative estimate of drug-likeness (QED) is 0.709. The summed E-state index contributed by atoms with van der Waals surface area (Å²) in [5.41, 5.74) is 3.36. The third kappa shape index (κ3) is 2.25. The average Bonchev–Trinajstić information content (AvgIpc) is 2.77. The van der Waals surface area contributed by atoms with Gasteiger partial charge in [0.15, 0.2) is 0 Å². The highest BCUT2D eigenvalue weighted by Gasteiger charge is 2.18. The van der Waals surface area contributed by atoms with E-state index in [4.69, 9.17) is 0 Å². The van der Waals surface area contributed by atoms with E-state index in [0.717, 1.165) is 27.1 Å². The van der Waals surface area contributed by atoms with Gasteiger partial charge in [-0.15, -0.1) is 0 Å². The van der Waals surface area contributed by atoms with Crippen LogP contribution in [0.1, 0.15) is 0 Å². The maximum absolute atomic E-state index is 13.1. The van der Waals surface area contributed by atoms with Crippen molar-refractivity contribution in [2.75, 3.05) is 0 Å². The SMILES string of the molecule is Cn1nc(-c2ccc(F)cc2)c(-c2ccccn2)c1Br. The smallest absolute Gasteiger partial charge is 0.123 e. The molecule has 0 aliphatic rings. The van der Waals surface area contributed by atoms with Crippen LogP contribution in [0.4, 0.5) is 4.39 Å². The molecule has 100 valence electrons. The molecule has 20 heavy (non-hydrogen) atoms. The second-order valence-electron chi connectivity index (χ2n) is 4.36. The van der Waals surface area contributed by atoms with E-state index in [2.05, 4.69) is 26.0 Å². The molecule has 0 unspecified atom stereocenters. The molecule has 2 heterocycles. The minimum atomic E-state index is -0.261. The van der Waals surface area contributed by atoms with Gasteiger partial charge in [-0.3, -0.25) is 9.67 Å². The summed E-state index contributed by atoms with van der Waals surface area (Å²) in [6.07, 6.45) is 1.74. The van der Waals surface area contributed by atoms with E-state index in [1.807, 2.05) is 25.2 Å². The number of aromatic nitrogens is 3. The molecule has 0 saturated heterocycles. The molecule has 3 aromatic rings. The number of rotatable bonds is 2. The Hall–Kier alpha value is -2.01. The van der Waals surface area contributed by atoms with Crippen molar-refractivity contribution in [3.63, 3.8) is 0 Å². The van der Waals surface area contributed by atoms with Crippen molar-refractivity contribution in [2.24, 2.45) is 7.05 Å². The third-order valence-corrected chi connectivity index (χ3v) is 3.93. The van der Waals surface area contributed by atoms with Gasteiger partial charge in [0.05, 0.1) is 11.3 Å². The molecule has 3 nitrogen and oxygen atoms in total. The highest BCUT2D eigenvalue weighted by Crippen LogP contribution is 2.35. The number of aryl methyl sites for hydroxylation is 1. The van der Waals surface area contributed by atoms with E-state index < -0.39 is 0 Å². The molecular formula is C15H11BrFN3. The predicted molar refractivity (Wildman–Crippen MR) is 79.5 cm³/mol. The van der Waals surface area contributed by atoms with Crippen molar-refractivity contribution >= 4 is 15.9 Å². The minimum absolute atomic E-state index is 0.261. The summed E-state index contributed by atoms with van der Waals surface area (Å²) in [6, 6.07) is 12.0. The molecular weight excluding hydrogens is 321 g/mol. The Morgan fingerprint density at radius 1 is 1.10 bits per heavy atom. The van der Waals surface area contributed by atoms with Gasteiger partial charge in [-0.2, -0.15) is 5.10 Å². The van der Waals surface area contributed by atoms with Gasteiger partial charge >= 0.3 is 0 Å². The van der Waals surface area contributed by atoms with Gasteiger partial charge in [0, 0.05) is 18.8 Å². The van der Waals surface area contributed by atoms with Crippen LogP contribution in [0.3, 0.4) is 0 Å². The van der Waals surface area contributed by atoms with Crippen LogP contribution < -0.4 is 0 Å². The Labute approximate surface area is 124 Å². The number of hydrogen-bond acceptors (Lipinski definition) is 2. The molecule has 0 aliphatic heterocycles. The van der Waals surface area contributed by atoms with Crippen molar-refractivity contribution in [1.29, 1.82) is 0 Å². The summed E-state index contributed by atoms with van der Waals surface area (Å²) in [7, 11) is 1.85. The highest BCUT2D eigenvalue weighted by molar-refractivity contribution is 9.10. The van der Waals surface area contributed by atoms with Crippen LogP contribution in [0, 0.1) is 5.82 Å². The fourth-order valence-corrected chi connectivity index (χ4v) is 2.52. The molecule has 0 saturated carbocycles. The second kappa shape index (κ2) is 5.17. The average molecular weight is 332 g/mol. The monoisotopic (exact) mass is 331 g/mol. The highest BCUT2D eigenvalue weighted by atomic mass is 79.9. The van der Waals surface area contributed by atoms with Crippen molar-refractivity contribution in [2.45, 2.75) is 0 Å². The van der Waals surface area contributed by atoms with E-state index in [-0.39, 0.29) is 5.82 Å². The van der Waals surface area contributed by atoms with Crippen LogP contribution >= 0.6 is 15.9 Å². The van der Waals surface area contributed by atoms with E-state index in [1.165, 1.54) is 12.1 Å². The topological polar surface area (TPSA) is 30.7 Å². The lowest BCUT2D eigenvalue weighted by molar-refractivity contribution is 0.628. The maximum atomic E-state index is 13.1. The summed E-state index contributed by atoms with van der Waals surface area (Å²) in [6.45, 7) is 0. The van der Waals surface area contributed by atoms with Gasteiger partial charge in [0.1, 0.15) is 16.1 Å². The first-order valence-electron chi connectivity index (χ1n) is 6.06. The van der Waals surface area contributed by atoms with Crippen LogP contribution in [0.15, 0.2) is 53.3 Å². The lowest BCUT2D eigenvalue weighted by Gasteiger charge is -2.03. The Morgan fingerprint density at radius 2 is 1.85 bits per heavy atom. The third-order valence-electron chi connectivity index (χ3n) is 3.02. The van der Waals surface area contributed by atoms with Gasteiger partial charge < -0.3 is 0 Å². The molecule has 3 rings (SSSR count). The van der Waals surface area contributed by atoms with Gasteiger partial charge in [0.2, 0.25) is 0 Å². The first-order chi connectivity index (χ1) is 9.66. The maximum Gasteiger partial charge on any atom is 0.123 e. The van der Waals surface area contributed by atoms with E-state index >= 15 is 0 Å². The van der Waals surface area contributed by atoms with Crippen LogP contribution in [0.25, 0.3) is 22.5 Å². The second-order valence-corrected chi connectivity index (χ2v) is 5.11. The number of hydrogen-bond donors (Lipinski definition) is 0. The number of benzene rings is 1. The zero-order valence-electron chi connectivity index (χ0n) is 10.7. The summed E-state index contributed by atoms with van der Waals surface area (Å²) in [4.78, 5) is 4.37. The van der Waals surface area contributed by atoms with E-state index in [0.29, 0.717) is 0 Å². The number of halogens is 2. The normalized spacial score (nSPS) is 10.8. The summed E-state index contributed by atoms with van der Waals surface area (Å²) < 4.78 is 15.6. The molecule has 2 aromatic heterocycles. The van der Waals surface area contributed by atoms with Crippen LogP contribution in [-0.2, 0) is 7.05 Å². The minimum Gasteiger partial charge on any atom is -0.260 e. The van der Waals surface area contributed by atoms with E-state index in [1.54, 1.807) is 23.0 Å². The van der Waals surface area contributed by atoms with Crippen molar-refractivity contribution in [3.05, 3.63) is 59.1 Å². The van der Waals surface area contributed by atoms with Gasteiger partial charge in [0.25, 0.3) is 0 Å².